The van der Waals surface area contributed by atoms with Crippen LogP contribution in [0.15, 0.2) is 24.4 Å². The molecule has 2 aromatic rings. The summed E-state index contributed by atoms with van der Waals surface area (Å²) in [5.74, 6) is 6.48. The highest BCUT2D eigenvalue weighted by Gasteiger charge is 2.05. The minimum atomic E-state index is 0.615. The van der Waals surface area contributed by atoms with Gasteiger partial charge in [0.25, 0.3) is 0 Å². The summed E-state index contributed by atoms with van der Waals surface area (Å²) in [6, 6.07) is 5.80. The van der Waals surface area contributed by atoms with E-state index in [4.69, 9.17) is 5.73 Å². The predicted molar refractivity (Wildman–Crippen MR) is 56.8 cm³/mol. The molecule has 14 heavy (non-hydrogen) atoms. The minimum absolute atomic E-state index is 0.615. The first-order chi connectivity index (χ1) is 6.83. The van der Waals surface area contributed by atoms with Gasteiger partial charge in [0.1, 0.15) is 11.5 Å². The van der Waals surface area contributed by atoms with Crippen LogP contribution in [-0.2, 0) is 6.42 Å². The van der Waals surface area contributed by atoms with E-state index in [2.05, 4.69) is 16.8 Å². The van der Waals surface area contributed by atoms with E-state index in [1.165, 1.54) is 0 Å². The Kier molecular flexibility index (Phi) is 2.11. The van der Waals surface area contributed by atoms with Gasteiger partial charge in [-0.15, -0.1) is 5.92 Å². The lowest BCUT2D eigenvalue weighted by atomic mass is 10.3. The smallest absolute Gasteiger partial charge is 0.138 e. The van der Waals surface area contributed by atoms with Crippen molar-refractivity contribution in [1.29, 1.82) is 0 Å². The number of anilines is 1. The monoisotopic (exact) mass is 185 g/mol. The maximum absolute atomic E-state index is 5.91. The second-order valence-electron chi connectivity index (χ2n) is 2.98. The van der Waals surface area contributed by atoms with Crippen molar-refractivity contribution in [2.75, 3.05) is 5.73 Å². The average molecular weight is 185 g/mol. The Hall–Kier alpha value is -1.95. The van der Waals surface area contributed by atoms with Crippen LogP contribution < -0.4 is 5.73 Å². The molecule has 0 radical (unpaired) electrons. The summed E-state index contributed by atoms with van der Waals surface area (Å²) in [5, 5.41) is 0. The molecule has 2 N–H and O–H groups in total. The number of pyridine rings is 1. The number of imidazole rings is 1. The van der Waals surface area contributed by atoms with Crippen LogP contribution in [0, 0.1) is 11.8 Å². The van der Waals surface area contributed by atoms with Crippen molar-refractivity contribution >= 4 is 11.5 Å². The molecule has 0 saturated heterocycles. The Labute approximate surface area is 82.6 Å². The molecule has 0 aliphatic carbocycles. The molecule has 0 unspecified atom stereocenters. The van der Waals surface area contributed by atoms with E-state index in [9.17, 15) is 0 Å². The van der Waals surface area contributed by atoms with Crippen LogP contribution in [0.2, 0.25) is 0 Å². The maximum atomic E-state index is 5.91. The van der Waals surface area contributed by atoms with Crippen molar-refractivity contribution in [1.82, 2.24) is 9.38 Å². The third-order valence-corrected chi connectivity index (χ3v) is 2.08. The molecule has 0 aliphatic heterocycles. The molecule has 3 nitrogen and oxygen atoms in total. The third-order valence-electron chi connectivity index (χ3n) is 2.08. The van der Waals surface area contributed by atoms with Gasteiger partial charge < -0.3 is 5.73 Å². The number of nitrogens with two attached hydrogens (primary N) is 1. The first kappa shape index (κ1) is 8.64. The normalized spacial score (nSPS) is 9.79. The second kappa shape index (κ2) is 3.43. The van der Waals surface area contributed by atoms with Crippen molar-refractivity contribution in [3.05, 3.63) is 30.1 Å². The van der Waals surface area contributed by atoms with Gasteiger partial charge in [0.15, 0.2) is 0 Å². The van der Waals surface area contributed by atoms with Gasteiger partial charge in [-0.2, -0.15) is 0 Å². The summed E-state index contributed by atoms with van der Waals surface area (Å²) >= 11 is 0. The summed E-state index contributed by atoms with van der Waals surface area (Å²) in [7, 11) is 0. The zero-order chi connectivity index (χ0) is 9.97. The van der Waals surface area contributed by atoms with Crippen LogP contribution in [0.5, 0.6) is 0 Å². The second-order valence-corrected chi connectivity index (χ2v) is 2.98. The molecule has 70 valence electrons. The molecule has 2 rings (SSSR count). The molecule has 0 fully saturated rings. The van der Waals surface area contributed by atoms with Crippen molar-refractivity contribution in [2.45, 2.75) is 13.3 Å². The predicted octanol–water partition coefficient (Wildman–Crippen LogP) is 1.48. The number of rotatable bonds is 1. The van der Waals surface area contributed by atoms with Gasteiger partial charge in [-0.25, -0.2) is 4.98 Å². The van der Waals surface area contributed by atoms with Crippen molar-refractivity contribution in [3.63, 3.8) is 0 Å². The first-order valence-corrected chi connectivity index (χ1v) is 4.44. The lowest BCUT2D eigenvalue weighted by Crippen LogP contribution is -1.95. The number of aromatic nitrogens is 2. The maximum Gasteiger partial charge on any atom is 0.138 e. The lowest BCUT2D eigenvalue weighted by Gasteiger charge is -1.94. The van der Waals surface area contributed by atoms with E-state index in [1.54, 1.807) is 0 Å². The van der Waals surface area contributed by atoms with E-state index >= 15 is 0 Å². The van der Waals surface area contributed by atoms with Crippen LogP contribution in [0.1, 0.15) is 12.6 Å². The molecule has 0 bridgehead atoms. The van der Waals surface area contributed by atoms with Gasteiger partial charge in [0.2, 0.25) is 0 Å². The van der Waals surface area contributed by atoms with Gasteiger partial charge in [-0.3, -0.25) is 4.40 Å². The van der Waals surface area contributed by atoms with Crippen LogP contribution in [-0.4, -0.2) is 9.38 Å². The highest BCUT2D eigenvalue weighted by Crippen LogP contribution is 2.14. The molecule has 0 spiro atoms. The summed E-state index contributed by atoms with van der Waals surface area (Å²) < 4.78 is 1.87. The standard InChI is InChI=1S/C11H11N3/c1-2-3-6-9-11(12)14-8-5-4-7-10(14)13-9/h4-5,7-8H,6,12H2,1H3. The van der Waals surface area contributed by atoms with E-state index in [0.717, 1.165) is 11.3 Å². The quantitative estimate of drug-likeness (QED) is 0.684. The molecule has 0 amide bonds. The Morgan fingerprint density at radius 3 is 3.07 bits per heavy atom. The van der Waals surface area contributed by atoms with E-state index in [1.807, 2.05) is 35.7 Å². The Balaban J connectivity index is 2.55. The Bertz CT molecular complexity index is 514. The summed E-state index contributed by atoms with van der Waals surface area (Å²) in [4.78, 5) is 4.39. The Morgan fingerprint density at radius 1 is 1.50 bits per heavy atom. The summed E-state index contributed by atoms with van der Waals surface area (Å²) in [5.41, 5.74) is 7.64. The lowest BCUT2D eigenvalue weighted by molar-refractivity contribution is 1.19. The van der Waals surface area contributed by atoms with Gasteiger partial charge in [0.05, 0.1) is 12.1 Å². The molecular weight excluding hydrogens is 174 g/mol. The average Bonchev–Trinajstić information content (AvgIpc) is 2.54. The fraction of sp³-hybridized carbons (Fsp3) is 0.182. The summed E-state index contributed by atoms with van der Waals surface area (Å²) in [6.07, 6.45) is 2.52. The minimum Gasteiger partial charge on any atom is -0.383 e. The van der Waals surface area contributed by atoms with Gasteiger partial charge in [-0.05, 0) is 19.1 Å². The molecule has 0 saturated carbocycles. The molecule has 3 heteroatoms. The molecule has 2 heterocycles. The van der Waals surface area contributed by atoms with Crippen molar-refractivity contribution in [2.24, 2.45) is 0 Å². The zero-order valence-electron chi connectivity index (χ0n) is 7.99. The fourth-order valence-electron chi connectivity index (χ4n) is 1.37. The van der Waals surface area contributed by atoms with Gasteiger partial charge in [0, 0.05) is 6.20 Å². The van der Waals surface area contributed by atoms with Crippen LogP contribution >= 0.6 is 0 Å². The van der Waals surface area contributed by atoms with Crippen LogP contribution in [0.4, 0.5) is 5.82 Å². The number of nitrogen functional groups attached to an aromatic ring is 1. The molecular formula is C11H11N3. The van der Waals surface area contributed by atoms with Crippen molar-refractivity contribution in [3.8, 4) is 11.8 Å². The number of nitrogens with zero attached hydrogens (tertiary/aromatic N) is 2. The highest BCUT2D eigenvalue weighted by molar-refractivity contribution is 5.53. The topological polar surface area (TPSA) is 43.3 Å². The largest absolute Gasteiger partial charge is 0.383 e. The van der Waals surface area contributed by atoms with Crippen LogP contribution in [0.25, 0.3) is 5.65 Å². The zero-order valence-corrected chi connectivity index (χ0v) is 7.99. The SMILES string of the molecule is CC#CCc1nc2ccccn2c1N. The van der Waals surface area contributed by atoms with Gasteiger partial charge in [-0.1, -0.05) is 12.0 Å². The van der Waals surface area contributed by atoms with Crippen LogP contribution in [0.3, 0.4) is 0 Å². The number of hydrogen-bond acceptors (Lipinski definition) is 2. The summed E-state index contributed by atoms with van der Waals surface area (Å²) in [6.45, 7) is 1.81. The van der Waals surface area contributed by atoms with E-state index < -0.39 is 0 Å². The fourth-order valence-corrected chi connectivity index (χ4v) is 1.37. The van der Waals surface area contributed by atoms with Gasteiger partial charge >= 0.3 is 0 Å². The number of hydrogen-bond donors (Lipinski definition) is 1. The molecule has 0 aliphatic rings. The highest BCUT2D eigenvalue weighted by atomic mass is 15.1. The Morgan fingerprint density at radius 2 is 2.36 bits per heavy atom. The van der Waals surface area contributed by atoms with Crippen molar-refractivity contribution < 1.29 is 0 Å². The molecule has 0 atom stereocenters. The molecule has 0 aromatic carbocycles. The first-order valence-electron chi connectivity index (χ1n) is 4.44. The van der Waals surface area contributed by atoms with E-state index in [0.29, 0.717) is 12.2 Å². The van der Waals surface area contributed by atoms with E-state index in [-0.39, 0.29) is 0 Å². The number of fused-ring (bicyclic) bond motifs is 1. The third kappa shape index (κ3) is 1.31. The molecule has 2 aromatic heterocycles.